The Kier molecular flexibility index (Phi) is 4.49. The number of carboxylic acid groups (broad SMARTS) is 1. The number of aliphatic carboxylic acids is 1. The second-order valence-electron chi connectivity index (χ2n) is 5.94. The Balaban J connectivity index is 2.32. The maximum absolute atomic E-state index is 14.0. The fourth-order valence-electron chi connectivity index (χ4n) is 3.44. The highest BCUT2D eigenvalue weighted by molar-refractivity contribution is 8.02. The van der Waals surface area contributed by atoms with Crippen LogP contribution in [-0.4, -0.2) is 21.4 Å². The molecule has 0 radical (unpaired) electrons. The Morgan fingerprint density at radius 2 is 2.21 bits per heavy atom. The molecule has 6 heteroatoms. The standard InChI is InChI=1S/C18H18FNO3S/c1-3-6-24-18-16-13(10(2)21)8-12(19)9-14(16)20-5-4-11(17(18)20)7-15(22)23/h3,6,8-9,11H,4-5,7H2,1-2H3,(H,22,23)/b6-3+. The summed E-state index contributed by atoms with van der Waals surface area (Å²) < 4.78 is 16.0. The van der Waals surface area contributed by atoms with Crippen molar-refractivity contribution in [1.29, 1.82) is 0 Å². The van der Waals surface area contributed by atoms with Crippen LogP contribution in [0.1, 0.15) is 48.7 Å². The highest BCUT2D eigenvalue weighted by atomic mass is 32.2. The molecule has 1 aromatic heterocycles. The maximum Gasteiger partial charge on any atom is 0.304 e. The number of allylic oxidation sites excluding steroid dienone is 1. The molecule has 0 bridgehead atoms. The molecule has 1 unspecified atom stereocenters. The van der Waals surface area contributed by atoms with Gasteiger partial charge in [-0.15, -0.1) is 0 Å². The van der Waals surface area contributed by atoms with Crippen LogP contribution < -0.4 is 0 Å². The molecular weight excluding hydrogens is 329 g/mol. The third kappa shape index (κ3) is 2.75. The second-order valence-corrected chi connectivity index (χ2v) is 6.86. The number of fused-ring (bicyclic) bond motifs is 3. The van der Waals surface area contributed by atoms with Gasteiger partial charge in [-0.05, 0) is 37.8 Å². The van der Waals surface area contributed by atoms with E-state index in [4.69, 9.17) is 0 Å². The van der Waals surface area contributed by atoms with E-state index in [0.29, 0.717) is 24.0 Å². The van der Waals surface area contributed by atoms with Gasteiger partial charge in [0.25, 0.3) is 0 Å². The molecule has 0 aliphatic carbocycles. The fraction of sp³-hybridized carbons (Fsp3) is 0.333. The van der Waals surface area contributed by atoms with Gasteiger partial charge in [-0.3, -0.25) is 9.59 Å². The largest absolute Gasteiger partial charge is 0.481 e. The van der Waals surface area contributed by atoms with Gasteiger partial charge in [0, 0.05) is 34.0 Å². The number of thioether (sulfide) groups is 1. The highest BCUT2D eigenvalue weighted by Crippen LogP contribution is 2.46. The summed E-state index contributed by atoms with van der Waals surface area (Å²) in [4.78, 5) is 24.1. The van der Waals surface area contributed by atoms with Crippen molar-refractivity contribution >= 4 is 34.4 Å². The van der Waals surface area contributed by atoms with Crippen molar-refractivity contribution in [3.8, 4) is 0 Å². The quantitative estimate of drug-likeness (QED) is 0.636. The Morgan fingerprint density at radius 3 is 2.83 bits per heavy atom. The number of aryl methyl sites for hydroxylation is 1. The van der Waals surface area contributed by atoms with Crippen molar-refractivity contribution in [2.75, 3.05) is 0 Å². The van der Waals surface area contributed by atoms with Gasteiger partial charge in [-0.2, -0.15) is 0 Å². The molecule has 0 fully saturated rings. The highest BCUT2D eigenvalue weighted by Gasteiger charge is 2.32. The number of halogens is 1. The minimum Gasteiger partial charge on any atom is -0.481 e. The summed E-state index contributed by atoms with van der Waals surface area (Å²) in [6, 6.07) is 2.71. The molecule has 1 aliphatic rings. The number of hydrogen-bond donors (Lipinski definition) is 1. The number of ketones is 1. The lowest BCUT2D eigenvalue weighted by atomic mass is 9.99. The molecule has 3 rings (SSSR count). The first-order chi connectivity index (χ1) is 11.4. The van der Waals surface area contributed by atoms with Crippen molar-refractivity contribution in [3.05, 3.63) is 40.7 Å². The average molecular weight is 347 g/mol. The number of carbonyl (C=O) groups is 2. The molecule has 4 nitrogen and oxygen atoms in total. The number of carbonyl (C=O) groups excluding carboxylic acids is 1. The normalized spacial score (nSPS) is 16.9. The summed E-state index contributed by atoms with van der Waals surface area (Å²) >= 11 is 1.46. The van der Waals surface area contributed by atoms with E-state index < -0.39 is 11.8 Å². The van der Waals surface area contributed by atoms with E-state index in [2.05, 4.69) is 0 Å². The van der Waals surface area contributed by atoms with E-state index in [-0.39, 0.29) is 18.1 Å². The predicted molar refractivity (Wildman–Crippen MR) is 92.2 cm³/mol. The molecule has 126 valence electrons. The molecule has 1 aliphatic heterocycles. The molecule has 1 N–H and O–H groups in total. The van der Waals surface area contributed by atoms with Crippen molar-refractivity contribution in [2.45, 2.75) is 44.0 Å². The Labute approximate surface area is 143 Å². The van der Waals surface area contributed by atoms with Crippen molar-refractivity contribution in [2.24, 2.45) is 0 Å². The van der Waals surface area contributed by atoms with Crippen LogP contribution in [0.15, 0.2) is 28.5 Å². The minimum absolute atomic E-state index is 0.0393. The van der Waals surface area contributed by atoms with E-state index in [1.165, 1.54) is 30.8 Å². The summed E-state index contributed by atoms with van der Waals surface area (Å²) in [5.41, 5.74) is 1.94. The summed E-state index contributed by atoms with van der Waals surface area (Å²) in [5, 5.41) is 11.8. The second kappa shape index (κ2) is 6.43. The molecule has 2 aromatic rings. The molecule has 2 heterocycles. The van der Waals surface area contributed by atoms with Gasteiger partial charge < -0.3 is 9.67 Å². The van der Waals surface area contributed by atoms with E-state index in [9.17, 15) is 19.1 Å². The van der Waals surface area contributed by atoms with Crippen LogP contribution in [0.4, 0.5) is 4.39 Å². The number of hydrogen-bond acceptors (Lipinski definition) is 3. The number of rotatable bonds is 5. The molecule has 0 amide bonds. The van der Waals surface area contributed by atoms with E-state index in [0.717, 1.165) is 16.0 Å². The SMILES string of the molecule is C/C=C/Sc1c2n(c3cc(F)cc(C(C)=O)c13)CCC2CC(=O)O. The third-order valence-corrected chi connectivity index (χ3v) is 5.39. The van der Waals surface area contributed by atoms with Crippen LogP contribution in [0, 0.1) is 5.82 Å². The fourth-order valence-corrected chi connectivity index (χ4v) is 4.44. The van der Waals surface area contributed by atoms with E-state index >= 15 is 0 Å². The van der Waals surface area contributed by atoms with E-state index in [1.807, 2.05) is 23.0 Å². The number of carboxylic acids is 1. The van der Waals surface area contributed by atoms with Gasteiger partial charge in [0.15, 0.2) is 5.78 Å². The van der Waals surface area contributed by atoms with Gasteiger partial charge in [0.05, 0.1) is 11.9 Å². The molecule has 24 heavy (non-hydrogen) atoms. The van der Waals surface area contributed by atoms with Crippen LogP contribution in [-0.2, 0) is 11.3 Å². The lowest BCUT2D eigenvalue weighted by molar-refractivity contribution is -0.137. The zero-order valence-electron chi connectivity index (χ0n) is 13.5. The average Bonchev–Trinajstić information content (AvgIpc) is 3.03. The Hall–Kier alpha value is -2.08. The predicted octanol–water partition coefficient (Wildman–Crippen LogP) is 4.57. The maximum atomic E-state index is 14.0. The monoisotopic (exact) mass is 347 g/mol. The summed E-state index contributed by atoms with van der Waals surface area (Å²) in [6.07, 6.45) is 2.64. The van der Waals surface area contributed by atoms with Gasteiger partial charge in [0.1, 0.15) is 5.82 Å². The molecule has 1 atom stereocenters. The van der Waals surface area contributed by atoms with Crippen LogP contribution in [0.5, 0.6) is 0 Å². The van der Waals surface area contributed by atoms with Crippen LogP contribution in [0.2, 0.25) is 0 Å². The first-order valence-corrected chi connectivity index (χ1v) is 8.68. The summed E-state index contributed by atoms with van der Waals surface area (Å²) in [6.45, 7) is 3.96. The lowest BCUT2D eigenvalue weighted by Crippen LogP contribution is -2.04. The zero-order chi connectivity index (χ0) is 17.4. The van der Waals surface area contributed by atoms with Gasteiger partial charge >= 0.3 is 5.97 Å². The van der Waals surface area contributed by atoms with Crippen molar-refractivity contribution < 1.29 is 19.1 Å². The summed E-state index contributed by atoms with van der Waals surface area (Å²) in [5.74, 6) is -1.61. The minimum atomic E-state index is -0.848. The topological polar surface area (TPSA) is 59.3 Å². The number of nitrogens with zero attached hydrogens (tertiary/aromatic N) is 1. The number of aromatic nitrogens is 1. The van der Waals surface area contributed by atoms with Crippen molar-refractivity contribution in [3.63, 3.8) is 0 Å². The van der Waals surface area contributed by atoms with E-state index in [1.54, 1.807) is 0 Å². The number of benzene rings is 1. The Morgan fingerprint density at radius 1 is 1.46 bits per heavy atom. The molecule has 1 aromatic carbocycles. The third-order valence-electron chi connectivity index (χ3n) is 4.33. The van der Waals surface area contributed by atoms with Crippen LogP contribution in [0.25, 0.3) is 10.9 Å². The lowest BCUT2D eigenvalue weighted by Gasteiger charge is -2.09. The molecule has 0 saturated carbocycles. The van der Waals surface area contributed by atoms with Crippen LogP contribution >= 0.6 is 11.8 Å². The smallest absolute Gasteiger partial charge is 0.304 e. The van der Waals surface area contributed by atoms with Gasteiger partial charge in [0.2, 0.25) is 0 Å². The Bertz CT molecular complexity index is 869. The summed E-state index contributed by atoms with van der Waals surface area (Å²) in [7, 11) is 0. The van der Waals surface area contributed by atoms with Crippen molar-refractivity contribution in [1.82, 2.24) is 4.57 Å². The van der Waals surface area contributed by atoms with Crippen LogP contribution in [0.3, 0.4) is 0 Å². The van der Waals surface area contributed by atoms with Gasteiger partial charge in [-0.25, -0.2) is 4.39 Å². The number of Topliss-reactive ketones (excluding diaryl/α,β-unsaturated/α-hetero) is 1. The van der Waals surface area contributed by atoms with Gasteiger partial charge in [-0.1, -0.05) is 17.8 Å². The zero-order valence-corrected chi connectivity index (χ0v) is 14.3. The molecular formula is C18H18FNO3S. The molecule has 0 saturated heterocycles. The first-order valence-electron chi connectivity index (χ1n) is 7.80. The first kappa shape index (κ1) is 16.8. The molecule has 0 spiro atoms.